The molecule has 1 aliphatic rings. The standard InChI is InChI=1S/C16H17IOS2/c1-18-13(10-17)9-12-8-11-6-7-19-16(11)20-15-5-3-2-4-14(12)15/h2-7,12-13H,8-10H2,1H3/t12-,13+/m1/s1. The fourth-order valence-electron chi connectivity index (χ4n) is 2.70. The first-order chi connectivity index (χ1) is 9.81. The maximum atomic E-state index is 5.62. The zero-order valence-electron chi connectivity index (χ0n) is 11.3. The van der Waals surface area contributed by atoms with Gasteiger partial charge in [0.25, 0.3) is 0 Å². The average Bonchev–Trinajstić information content (AvgIpc) is 2.85. The Morgan fingerprint density at radius 3 is 3.00 bits per heavy atom. The predicted molar refractivity (Wildman–Crippen MR) is 95.6 cm³/mol. The van der Waals surface area contributed by atoms with E-state index in [0.717, 1.165) is 17.3 Å². The van der Waals surface area contributed by atoms with Gasteiger partial charge in [0, 0.05) is 16.4 Å². The highest BCUT2D eigenvalue weighted by molar-refractivity contribution is 14.1. The van der Waals surface area contributed by atoms with Gasteiger partial charge in [0.2, 0.25) is 0 Å². The van der Waals surface area contributed by atoms with Crippen LogP contribution in [0.15, 0.2) is 44.8 Å². The fraction of sp³-hybridized carbons (Fsp3) is 0.375. The van der Waals surface area contributed by atoms with Gasteiger partial charge in [0.15, 0.2) is 0 Å². The first kappa shape index (κ1) is 14.9. The first-order valence-corrected chi connectivity index (χ1v) is 9.96. The molecule has 3 rings (SSSR count). The summed E-state index contributed by atoms with van der Waals surface area (Å²) < 4.78 is 8.13. The van der Waals surface area contributed by atoms with Crippen LogP contribution in [0.25, 0.3) is 0 Å². The summed E-state index contributed by atoms with van der Waals surface area (Å²) in [6, 6.07) is 11.2. The van der Waals surface area contributed by atoms with E-state index >= 15 is 0 Å². The van der Waals surface area contributed by atoms with Gasteiger partial charge in [0.1, 0.15) is 0 Å². The summed E-state index contributed by atoms with van der Waals surface area (Å²) in [5.41, 5.74) is 3.00. The van der Waals surface area contributed by atoms with Crippen molar-refractivity contribution in [3.63, 3.8) is 0 Å². The minimum atomic E-state index is 0.346. The molecule has 4 heteroatoms. The van der Waals surface area contributed by atoms with Crippen LogP contribution in [-0.2, 0) is 11.2 Å². The number of alkyl halides is 1. The molecule has 20 heavy (non-hydrogen) atoms. The molecule has 2 aromatic rings. The van der Waals surface area contributed by atoms with E-state index in [2.05, 4.69) is 58.3 Å². The van der Waals surface area contributed by atoms with Gasteiger partial charge in [-0.2, -0.15) is 0 Å². The van der Waals surface area contributed by atoms with Crippen LogP contribution in [0.3, 0.4) is 0 Å². The molecule has 0 saturated heterocycles. The Balaban J connectivity index is 1.96. The van der Waals surface area contributed by atoms with E-state index in [0.29, 0.717) is 12.0 Å². The zero-order chi connectivity index (χ0) is 13.9. The minimum absolute atomic E-state index is 0.346. The van der Waals surface area contributed by atoms with E-state index in [4.69, 9.17) is 4.74 Å². The number of halogens is 1. The van der Waals surface area contributed by atoms with Crippen molar-refractivity contribution in [2.75, 3.05) is 11.5 Å². The molecule has 0 unspecified atom stereocenters. The number of methoxy groups -OCH3 is 1. The quantitative estimate of drug-likeness (QED) is 0.489. The average molecular weight is 416 g/mol. The van der Waals surface area contributed by atoms with Crippen LogP contribution in [0.1, 0.15) is 23.5 Å². The number of benzene rings is 1. The van der Waals surface area contributed by atoms with E-state index in [-0.39, 0.29) is 0 Å². The molecule has 0 radical (unpaired) electrons. The molecule has 0 aliphatic carbocycles. The molecule has 2 heterocycles. The molecule has 1 aliphatic heterocycles. The third-order valence-corrected chi connectivity index (χ3v) is 7.10. The van der Waals surface area contributed by atoms with Gasteiger partial charge in [-0.05, 0) is 47.4 Å². The lowest BCUT2D eigenvalue weighted by atomic mass is 9.88. The van der Waals surface area contributed by atoms with Crippen molar-refractivity contribution in [1.82, 2.24) is 0 Å². The number of hydrogen-bond donors (Lipinski definition) is 0. The van der Waals surface area contributed by atoms with Crippen molar-refractivity contribution < 1.29 is 4.74 Å². The van der Waals surface area contributed by atoms with Crippen molar-refractivity contribution in [3.05, 3.63) is 46.8 Å². The smallest absolute Gasteiger partial charge is 0.0678 e. The molecule has 2 atom stereocenters. The van der Waals surface area contributed by atoms with Crippen molar-refractivity contribution in [2.24, 2.45) is 0 Å². The van der Waals surface area contributed by atoms with Crippen LogP contribution in [0.2, 0.25) is 0 Å². The third kappa shape index (κ3) is 3.08. The third-order valence-electron chi connectivity index (χ3n) is 3.79. The van der Waals surface area contributed by atoms with Crippen LogP contribution in [-0.4, -0.2) is 17.6 Å². The molecule has 0 fully saturated rings. The Morgan fingerprint density at radius 1 is 1.35 bits per heavy atom. The molecule has 0 spiro atoms. The molecule has 0 saturated carbocycles. The highest BCUT2D eigenvalue weighted by atomic mass is 127. The van der Waals surface area contributed by atoms with Crippen molar-refractivity contribution in [3.8, 4) is 0 Å². The lowest BCUT2D eigenvalue weighted by Crippen LogP contribution is -2.18. The van der Waals surface area contributed by atoms with Gasteiger partial charge in [0.05, 0.1) is 10.3 Å². The second-order valence-corrected chi connectivity index (χ2v) is 8.13. The molecular formula is C16H17IOS2. The molecule has 1 nitrogen and oxygen atoms in total. The van der Waals surface area contributed by atoms with Gasteiger partial charge in [-0.3, -0.25) is 0 Å². The molecular weight excluding hydrogens is 399 g/mol. The van der Waals surface area contributed by atoms with Gasteiger partial charge in [-0.25, -0.2) is 0 Å². The monoisotopic (exact) mass is 416 g/mol. The molecule has 1 aromatic carbocycles. The van der Waals surface area contributed by atoms with Crippen molar-refractivity contribution >= 4 is 45.7 Å². The summed E-state index contributed by atoms with van der Waals surface area (Å²) >= 11 is 6.22. The highest BCUT2D eigenvalue weighted by Gasteiger charge is 2.25. The Morgan fingerprint density at radius 2 is 2.20 bits per heavy atom. The number of thiophene rings is 1. The van der Waals surface area contributed by atoms with E-state index < -0.39 is 0 Å². The molecule has 0 N–H and O–H groups in total. The van der Waals surface area contributed by atoms with Crippen LogP contribution < -0.4 is 0 Å². The largest absolute Gasteiger partial charge is 0.381 e. The molecule has 106 valence electrons. The van der Waals surface area contributed by atoms with Gasteiger partial charge < -0.3 is 4.74 Å². The van der Waals surface area contributed by atoms with Crippen LogP contribution in [0.5, 0.6) is 0 Å². The normalized spacial score (nSPS) is 19.0. The Hall–Kier alpha value is -0.0400. The predicted octanol–water partition coefficient (Wildman–Crippen LogP) is 5.38. The SMILES string of the molecule is CO[C@H](CI)C[C@H]1Cc2ccsc2Sc2ccccc21. The molecule has 0 amide bonds. The van der Waals surface area contributed by atoms with Gasteiger partial charge in [-0.1, -0.05) is 52.6 Å². The van der Waals surface area contributed by atoms with Gasteiger partial charge in [-0.15, -0.1) is 11.3 Å². The Kier molecular flexibility index (Phi) is 5.07. The number of fused-ring (bicyclic) bond motifs is 2. The summed E-state index contributed by atoms with van der Waals surface area (Å²) in [6.07, 6.45) is 2.59. The van der Waals surface area contributed by atoms with Gasteiger partial charge >= 0.3 is 0 Å². The Labute approximate surface area is 142 Å². The highest BCUT2D eigenvalue weighted by Crippen LogP contribution is 2.45. The number of hydrogen-bond acceptors (Lipinski definition) is 3. The van der Waals surface area contributed by atoms with Crippen LogP contribution in [0, 0.1) is 0 Å². The maximum absolute atomic E-state index is 5.62. The summed E-state index contributed by atoms with van der Waals surface area (Å²) in [5, 5.41) is 2.22. The van der Waals surface area contributed by atoms with E-state index in [1.54, 1.807) is 0 Å². The van der Waals surface area contributed by atoms with E-state index in [1.165, 1.54) is 20.2 Å². The van der Waals surface area contributed by atoms with Crippen molar-refractivity contribution in [2.45, 2.75) is 34.0 Å². The van der Waals surface area contributed by atoms with E-state index in [1.807, 2.05) is 30.2 Å². The number of rotatable bonds is 4. The second-order valence-electron chi connectivity index (χ2n) is 5.02. The summed E-state index contributed by atoms with van der Waals surface area (Å²) in [6.45, 7) is 0. The summed E-state index contributed by atoms with van der Waals surface area (Å²) in [5.74, 6) is 0.564. The fourth-order valence-corrected chi connectivity index (χ4v) is 5.69. The second kappa shape index (κ2) is 6.81. The Bertz CT molecular complexity index is 577. The zero-order valence-corrected chi connectivity index (χ0v) is 15.1. The van der Waals surface area contributed by atoms with Crippen LogP contribution >= 0.6 is 45.7 Å². The summed E-state index contributed by atoms with van der Waals surface area (Å²) in [4.78, 5) is 1.42. The van der Waals surface area contributed by atoms with Crippen molar-refractivity contribution in [1.29, 1.82) is 0 Å². The summed E-state index contributed by atoms with van der Waals surface area (Å²) in [7, 11) is 1.83. The molecule has 1 aromatic heterocycles. The van der Waals surface area contributed by atoms with E-state index in [9.17, 15) is 0 Å². The molecule has 0 bridgehead atoms. The lowest BCUT2D eigenvalue weighted by molar-refractivity contribution is 0.110. The number of ether oxygens (including phenoxy) is 1. The minimum Gasteiger partial charge on any atom is -0.381 e. The first-order valence-electron chi connectivity index (χ1n) is 6.73. The topological polar surface area (TPSA) is 9.23 Å². The lowest BCUT2D eigenvalue weighted by Gasteiger charge is -2.22. The van der Waals surface area contributed by atoms with Crippen LogP contribution in [0.4, 0.5) is 0 Å². The maximum Gasteiger partial charge on any atom is 0.0678 e.